The number of ketones is 1. The van der Waals surface area contributed by atoms with Crippen molar-refractivity contribution in [2.45, 2.75) is 6.92 Å². The lowest BCUT2D eigenvalue weighted by Gasteiger charge is -1.89. The highest BCUT2D eigenvalue weighted by Crippen LogP contribution is 1.97. The van der Waals surface area contributed by atoms with Crippen molar-refractivity contribution in [3.63, 3.8) is 0 Å². The lowest BCUT2D eigenvalue weighted by Crippen LogP contribution is -1.88. The summed E-state index contributed by atoms with van der Waals surface area (Å²) in [4.78, 5) is 10.8. The summed E-state index contributed by atoms with van der Waals surface area (Å²) in [6.45, 7) is 1.40. The molecular formula is C8H8O. The summed E-state index contributed by atoms with van der Waals surface area (Å²) in [5, 5.41) is 0. The molecule has 0 aromatic heterocycles. The average molecular weight is 122 g/mol. The van der Waals surface area contributed by atoms with Crippen LogP contribution >= 0.6 is 0 Å². The van der Waals surface area contributed by atoms with Crippen LogP contribution in [0.1, 0.15) is 20.0 Å². The second-order valence-electron chi connectivity index (χ2n) is 1.76. The van der Waals surface area contributed by atoms with E-state index in [1.165, 1.54) is 13.0 Å². The third kappa shape index (κ3) is 1.39. The largest absolute Gasteiger partial charge is 0.295 e. The van der Waals surface area contributed by atoms with Crippen molar-refractivity contribution in [2.75, 3.05) is 0 Å². The Hall–Kier alpha value is -1.11. The second kappa shape index (κ2) is 2.44. The van der Waals surface area contributed by atoms with Gasteiger partial charge in [0.25, 0.3) is 0 Å². The third-order valence-electron chi connectivity index (χ3n) is 1.03. The molecule has 0 heterocycles. The molecule has 0 N–H and O–H groups in total. The molecule has 0 fully saturated rings. The molecule has 0 unspecified atom stereocenters. The Morgan fingerprint density at radius 2 is 2.44 bits per heavy atom. The second-order valence-corrected chi connectivity index (χ2v) is 1.76. The fourth-order valence-corrected chi connectivity index (χ4v) is 0.559. The van der Waals surface area contributed by atoms with Gasteiger partial charge >= 0.3 is 0 Å². The zero-order valence-corrected chi connectivity index (χ0v) is 5.14. The standard InChI is InChI=1S/C8H8O/c1-7(9)8-5-3-2-4-6-8/h2-6H,1H3/i3D,5D. The van der Waals surface area contributed by atoms with E-state index in [1.54, 1.807) is 12.1 Å². The number of hydrogen-bond donors (Lipinski definition) is 0. The minimum Gasteiger partial charge on any atom is -0.295 e. The molecule has 1 aromatic carbocycles. The summed E-state index contributed by atoms with van der Waals surface area (Å²) in [6.07, 6.45) is 0. The van der Waals surface area contributed by atoms with Gasteiger partial charge in [-0.3, -0.25) is 4.79 Å². The molecule has 0 saturated carbocycles. The first kappa shape index (κ1) is 3.83. The van der Waals surface area contributed by atoms with Gasteiger partial charge in [0.2, 0.25) is 0 Å². The maximum absolute atomic E-state index is 10.8. The van der Waals surface area contributed by atoms with Gasteiger partial charge in [0.1, 0.15) is 0 Å². The van der Waals surface area contributed by atoms with Crippen LogP contribution in [-0.2, 0) is 0 Å². The van der Waals surface area contributed by atoms with Crippen molar-refractivity contribution in [1.29, 1.82) is 0 Å². The van der Waals surface area contributed by atoms with E-state index in [-0.39, 0.29) is 17.9 Å². The minimum absolute atomic E-state index is 0.0139. The molecule has 1 rings (SSSR count). The Morgan fingerprint density at radius 3 is 3.00 bits per heavy atom. The van der Waals surface area contributed by atoms with E-state index in [0.717, 1.165) is 0 Å². The van der Waals surface area contributed by atoms with Gasteiger partial charge < -0.3 is 0 Å². The van der Waals surface area contributed by atoms with E-state index < -0.39 is 0 Å². The van der Waals surface area contributed by atoms with Crippen LogP contribution in [0.5, 0.6) is 0 Å². The van der Waals surface area contributed by atoms with E-state index in [4.69, 9.17) is 2.74 Å². The van der Waals surface area contributed by atoms with Crippen LogP contribution in [0.4, 0.5) is 0 Å². The van der Waals surface area contributed by atoms with Crippen LogP contribution in [-0.4, -0.2) is 5.78 Å². The van der Waals surface area contributed by atoms with Crippen molar-refractivity contribution in [1.82, 2.24) is 0 Å². The molecule has 46 valence electrons. The summed E-state index contributed by atoms with van der Waals surface area (Å²) < 4.78 is 14.5. The first-order valence-corrected chi connectivity index (χ1v) is 2.70. The molecule has 0 atom stereocenters. The molecule has 0 spiro atoms. The van der Waals surface area contributed by atoms with Gasteiger partial charge in [-0.05, 0) is 6.92 Å². The highest BCUT2D eigenvalue weighted by molar-refractivity contribution is 5.93. The van der Waals surface area contributed by atoms with Crippen LogP contribution in [0.2, 0.25) is 0 Å². The lowest BCUT2D eigenvalue weighted by atomic mass is 10.2. The zero-order valence-electron chi connectivity index (χ0n) is 7.14. The van der Waals surface area contributed by atoms with E-state index in [0.29, 0.717) is 5.56 Å². The minimum atomic E-state index is -0.163. The van der Waals surface area contributed by atoms with Gasteiger partial charge in [-0.15, -0.1) is 0 Å². The van der Waals surface area contributed by atoms with E-state index in [9.17, 15) is 4.79 Å². The number of hydrogen-bond acceptors (Lipinski definition) is 1. The van der Waals surface area contributed by atoms with Crippen molar-refractivity contribution in [2.24, 2.45) is 0 Å². The van der Waals surface area contributed by atoms with E-state index >= 15 is 0 Å². The fraction of sp³-hybridized carbons (Fsp3) is 0.125. The number of Topliss-reactive ketones (excluding diaryl/α,β-unsaturated/α-hetero) is 1. The molecule has 9 heavy (non-hydrogen) atoms. The van der Waals surface area contributed by atoms with E-state index in [1.807, 2.05) is 0 Å². The molecule has 0 saturated heterocycles. The summed E-state index contributed by atoms with van der Waals surface area (Å²) in [7, 11) is 0. The van der Waals surface area contributed by atoms with Crippen molar-refractivity contribution in [3.05, 3.63) is 35.8 Å². The van der Waals surface area contributed by atoms with Gasteiger partial charge in [0.05, 0.1) is 2.74 Å². The Bertz CT molecular complexity index is 294. The molecule has 0 aliphatic heterocycles. The fourth-order valence-electron chi connectivity index (χ4n) is 0.559. The van der Waals surface area contributed by atoms with E-state index in [2.05, 4.69) is 0 Å². The van der Waals surface area contributed by atoms with Crippen LogP contribution in [0.3, 0.4) is 0 Å². The number of rotatable bonds is 1. The number of carbonyl (C=O) groups is 1. The smallest absolute Gasteiger partial charge is 0.159 e. The van der Waals surface area contributed by atoms with Gasteiger partial charge in [-0.1, -0.05) is 30.3 Å². The molecule has 0 aliphatic carbocycles. The van der Waals surface area contributed by atoms with Gasteiger partial charge in [0.15, 0.2) is 5.78 Å². The lowest BCUT2D eigenvalue weighted by molar-refractivity contribution is 0.101. The van der Waals surface area contributed by atoms with Crippen LogP contribution in [0, 0.1) is 0 Å². The maximum atomic E-state index is 10.8. The molecule has 0 aliphatic rings. The SMILES string of the molecule is [2H]c1cccc(C(C)=O)c1[2H]. The molecule has 0 bridgehead atoms. The zero-order chi connectivity index (χ0) is 8.43. The van der Waals surface area contributed by atoms with Crippen LogP contribution in [0.15, 0.2) is 30.3 Å². The molecule has 1 aromatic rings. The quantitative estimate of drug-likeness (QED) is 0.520. The molecule has 0 amide bonds. The third-order valence-corrected chi connectivity index (χ3v) is 1.03. The molecule has 1 heteroatoms. The average Bonchev–Trinajstić information content (AvgIpc) is 1.94. The Balaban J connectivity index is 3.27. The van der Waals surface area contributed by atoms with Crippen LogP contribution < -0.4 is 0 Å². The predicted molar refractivity (Wildman–Crippen MR) is 36.4 cm³/mol. The Morgan fingerprint density at radius 1 is 1.67 bits per heavy atom. The summed E-state index contributed by atoms with van der Waals surface area (Å²) in [5.41, 5.74) is 0.317. The molecular weight excluding hydrogens is 112 g/mol. The monoisotopic (exact) mass is 122 g/mol. The number of carbonyl (C=O) groups excluding carboxylic acids is 1. The van der Waals surface area contributed by atoms with Crippen molar-refractivity contribution >= 4 is 5.78 Å². The van der Waals surface area contributed by atoms with Gasteiger partial charge in [-0.2, -0.15) is 0 Å². The predicted octanol–water partition coefficient (Wildman–Crippen LogP) is 1.89. The Kier molecular flexibility index (Phi) is 1.04. The highest BCUT2D eigenvalue weighted by Gasteiger charge is 1.92. The Labute approximate surface area is 57.1 Å². The normalized spacial score (nSPS) is 12.1. The maximum Gasteiger partial charge on any atom is 0.159 e. The van der Waals surface area contributed by atoms with Crippen molar-refractivity contribution < 1.29 is 7.54 Å². The first-order chi connectivity index (χ1) is 5.13. The molecule has 0 radical (unpaired) electrons. The summed E-state index contributed by atoms with van der Waals surface area (Å²) in [5.74, 6) is -0.163. The first-order valence-electron chi connectivity index (χ1n) is 3.70. The number of benzene rings is 1. The van der Waals surface area contributed by atoms with Crippen molar-refractivity contribution in [3.8, 4) is 0 Å². The van der Waals surface area contributed by atoms with Crippen LogP contribution in [0.25, 0.3) is 0 Å². The molecule has 1 nitrogen and oxygen atoms in total. The topological polar surface area (TPSA) is 17.1 Å². The summed E-state index contributed by atoms with van der Waals surface area (Å²) in [6, 6.07) is 4.77. The summed E-state index contributed by atoms with van der Waals surface area (Å²) >= 11 is 0. The highest BCUT2D eigenvalue weighted by atomic mass is 16.1. The van der Waals surface area contributed by atoms with Gasteiger partial charge in [-0.25, -0.2) is 0 Å². The van der Waals surface area contributed by atoms with Gasteiger partial charge in [0, 0.05) is 5.56 Å².